The van der Waals surface area contributed by atoms with Crippen molar-refractivity contribution in [2.45, 2.75) is 95.2 Å². The molecule has 0 amide bonds. The van der Waals surface area contributed by atoms with Gasteiger partial charge in [-0.1, -0.05) is 13.3 Å². The van der Waals surface area contributed by atoms with Crippen LogP contribution in [-0.2, 0) is 26.3 Å². The molecule has 0 rings (SSSR count). The van der Waals surface area contributed by atoms with Crippen molar-refractivity contribution in [2.75, 3.05) is 0 Å². The van der Waals surface area contributed by atoms with Crippen molar-refractivity contribution < 1.29 is 31.4 Å². The van der Waals surface area contributed by atoms with Crippen LogP contribution in [0.15, 0.2) is 0 Å². The Labute approximate surface area is 133 Å². The number of carboxylic acid groups (broad SMARTS) is 1. The molecule has 1 atom stereocenters. The third-order valence-electron chi connectivity index (χ3n) is 3.50. The first-order valence-electron chi connectivity index (χ1n) is 7.99. The summed E-state index contributed by atoms with van der Waals surface area (Å²) in [5.74, 6) is -0.969. The van der Waals surface area contributed by atoms with Gasteiger partial charge in [0.15, 0.2) is 0 Å². The quantitative estimate of drug-likeness (QED) is 0.357. The van der Waals surface area contributed by atoms with Gasteiger partial charge >= 0.3 is 114 Å². The van der Waals surface area contributed by atoms with E-state index in [9.17, 15) is 9.90 Å². The molecule has 0 bridgehead atoms. The summed E-state index contributed by atoms with van der Waals surface area (Å²) in [4.78, 5) is 10.4. The minimum atomic E-state index is -0.969. The van der Waals surface area contributed by atoms with Gasteiger partial charge in [0.1, 0.15) is 0 Å². The minimum Gasteiger partial charge on any atom is -2.00 e. The Morgan fingerprint density at radius 1 is 0.900 bits per heavy atom. The number of unbranched alkanes of at least 4 members (excludes halogenated alkanes) is 10. The van der Waals surface area contributed by atoms with E-state index >= 15 is 0 Å². The fourth-order valence-corrected chi connectivity index (χ4v) is 2.71. The van der Waals surface area contributed by atoms with E-state index in [0.717, 1.165) is 12.8 Å². The zero-order valence-corrected chi connectivity index (χ0v) is 14.0. The van der Waals surface area contributed by atoms with Gasteiger partial charge in [0.05, 0.1) is 0 Å². The van der Waals surface area contributed by atoms with Crippen LogP contribution in [0.25, 0.3) is 0 Å². The van der Waals surface area contributed by atoms with Crippen LogP contribution < -0.4 is 5.11 Å². The molecule has 0 fully saturated rings. The second kappa shape index (κ2) is 17.0. The van der Waals surface area contributed by atoms with Crippen molar-refractivity contribution in [1.82, 2.24) is 0 Å². The predicted octanol–water partition coefficient (Wildman–Crippen LogP) is 4.04. The Morgan fingerprint density at radius 2 is 1.30 bits per heavy atom. The van der Waals surface area contributed by atoms with E-state index < -0.39 is 5.97 Å². The Bertz CT molecular complexity index is 210. The molecule has 0 heterocycles. The SMILES string of the molecule is CCCCCCCCCCCCC[CH]([Fe+3])CC(=O)[O-].[O-2]. The molecule has 3 nitrogen and oxygen atoms in total. The fourth-order valence-electron chi connectivity index (χ4n) is 2.30. The van der Waals surface area contributed by atoms with E-state index in [4.69, 9.17) is 0 Å². The number of hydrogen-bond donors (Lipinski definition) is 0. The molecule has 4 heteroatoms. The molecule has 1 unspecified atom stereocenters. The maximum atomic E-state index is 10.4. The van der Waals surface area contributed by atoms with Gasteiger partial charge in [-0.15, -0.1) is 0 Å². The molecule has 0 saturated carbocycles. The maximum Gasteiger partial charge on any atom is -2.00 e. The van der Waals surface area contributed by atoms with E-state index in [-0.39, 0.29) is 16.7 Å². The average molecular weight is 326 g/mol. The molecule has 0 aliphatic heterocycles. The maximum absolute atomic E-state index is 10.4. The van der Waals surface area contributed by atoms with Gasteiger partial charge in [-0.25, -0.2) is 0 Å². The van der Waals surface area contributed by atoms with E-state index in [1.165, 1.54) is 64.2 Å². The molecule has 0 aromatic carbocycles. The zero-order chi connectivity index (χ0) is 14.3. The molecule has 0 saturated heterocycles. The number of hydrogen-bond acceptors (Lipinski definition) is 2. The number of carboxylic acids is 1. The van der Waals surface area contributed by atoms with Gasteiger partial charge in [0.25, 0.3) is 0 Å². The van der Waals surface area contributed by atoms with Gasteiger partial charge in [0.2, 0.25) is 0 Å². The second-order valence-corrected chi connectivity index (χ2v) is 6.38. The molecule has 120 valence electrons. The number of rotatable bonds is 14. The average Bonchev–Trinajstić information content (AvgIpc) is 2.35. The third kappa shape index (κ3) is 17.9. The molecular formula is C16H30FeO3. The van der Waals surface area contributed by atoms with Gasteiger partial charge in [-0.05, 0) is 0 Å². The van der Waals surface area contributed by atoms with Crippen molar-refractivity contribution in [3.05, 3.63) is 0 Å². The van der Waals surface area contributed by atoms with Gasteiger partial charge in [-0.2, -0.15) is 0 Å². The normalized spacial score (nSPS) is 11.8. The first-order chi connectivity index (χ1) is 9.16. The summed E-state index contributed by atoms with van der Waals surface area (Å²) in [5, 5.41) is 10.4. The summed E-state index contributed by atoms with van der Waals surface area (Å²) in [7, 11) is 0. The second-order valence-electron chi connectivity index (χ2n) is 5.48. The summed E-state index contributed by atoms with van der Waals surface area (Å²) in [6.07, 6.45) is 15.6. The van der Waals surface area contributed by atoms with Crippen LogP contribution >= 0.6 is 0 Å². The van der Waals surface area contributed by atoms with Crippen LogP contribution in [0, 0.1) is 0 Å². The van der Waals surface area contributed by atoms with E-state index in [1.54, 1.807) is 0 Å². The molecule has 0 aromatic rings. The molecule has 0 aliphatic carbocycles. The number of aliphatic carboxylic acids is 1. The molecule has 20 heavy (non-hydrogen) atoms. The summed E-state index contributed by atoms with van der Waals surface area (Å²) in [6.45, 7) is 2.25. The zero-order valence-electron chi connectivity index (χ0n) is 12.8. The Morgan fingerprint density at radius 3 is 1.70 bits per heavy atom. The van der Waals surface area contributed by atoms with Crippen LogP contribution in [0.4, 0.5) is 0 Å². The van der Waals surface area contributed by atoms with Crippen molar-refractivity contribution in [3.8, 4) is 0 Å². The van der Waals surface area contributed by atoms with E-state index in [2.05, 4.69) is 22.9 Å². The predicted molar refractivity (Wildman–Crippen MR) is 75.1 cm³/mol. The number of carbonyl (C=O) groups excluding carboxylic acids is 1. The van der Waals surface area contributed by atoms with Crippen LogP contribution in [-0.4, -0.2) is 5.97 Å². The van der Waals surface area contributed by atoms with Crippen LogP contribution in [0.2, 0.25) is 4.82 Å². The minimum absolute atomic E-state index is 0. The van der Waals surface area contributed by atoms with E-state index in [1.807, 2.05) is 0 Å². The first-order valence-corrected chi connectivity index (χ1v) is 8.63. The summed E-state index contributed by atoms with van der Waals surface area (Å²) in [5.41, 5.74) is 0. The Hall–Kier alpha value is -0.0505. The smallest absolute Gasteiger partial charge is 2.00 e. The van der Waals surface area contributed by atoms with Crippen LogP contribution in [0.3, 0.4) is 0 Å². The molecule has 0 spiro atoms. The van der Waals surface area contributed by atoms with E-state index in [0.29, 0.717) is 0 Å². The Kier molecular flexibility index (Phi) is 18.9. The molecular weight excluding hydrogens is 296 g/mol. The van der Waals surface area contributed by atoms with Crippen molar-refractivity contribution in [3.63, 3.8) is 0 Å². The Balaban J connectivity index is 0. The molecule has 0 aliphatic rings. The molecule has 0 radical (unpaired) electrons. The van der Waals surface area contributed by atoms with Gasteiger partial charge in [-0.3, -0.25) is 0 Å². The van der Waals surface area contributed by atoms with Crippen molar-refractivity contribution >= 4 is 5.97 Å². The largest absolute Gasteiger partial charge is 2.00 e. The van der Waals surface area contributed by atoms with Crippen molar-refractivity contribution in [2.24, 2.45) is 0 Å². The summed E-state index contributed by atoms with van der Waals surface area (Å²) >= 11 is 3.84. The third-order valence-corrected chi connectivity index (χ3v) is 4.04. The summed E-state index contributed by atoms with van der Waals surface area (Å²) < 4.78 is 0. The number of carbonyl (C=O) groups is 1. The van der Waals surface area contributed by atoms with Gasteiger partial charge < -0.3 is 5.48 Å². The first kappa shape index (κ1) is 22.2. The van der Waals surface area contributed by atoms with Crippen LogP contribution in [0.5, 0.6) is 0 Å². The monoisotopic (exact) mass is 326 g/mol. The fraction of sp³-hybridized carbons (Fsp3) is 0.938. The van der Waals surface area contributed by atoms with Crippen LogP contribution in [0.1, 0.15) is 90.4 Å². The molecule has 0 aromatic heterocycles. The van der Waals surface area contributed by atoms with Gasteiger partial charge in [0, 0.05) is 0 Å². The van der Waals surface area contributed by atoms with Crippen molar-refractivity contribution in [1.29, 1.82) is 0 Å². The standard InChI is InChI=1S/C16H31O2.Fe.O/c1-2-3-4-5-6-7-8-9-10-11-12-13-14-15-16(17)18;;/h14H,2-13,15H2,1H3,(H,17,18);;/q;+3;-2/p-1. The molecule has 0 N–H and O–H groups in total. The summed E-state index contributed by atoms with van der Waals surface area (Å²) in [6, 6.07) is 0. The topological polar surface area (TPSA) is 68.6 Å².